The standard InChI is InChI=1S/C74H80O12S4/c1-9-12-13-17-28-64-67(53-35-39-61(40-36-53)90(84,85)86)57(43-56-44-59-48-74(7,8)72(59)63-27-19-18-26-62(56)63)45-65(49(10-2)24-20-41-87(75,76)77)69(64)54-29-31-55(32-30-54)70-66(51-33-37-60(38-34-51)89(81,82)83)46-58(47-73(4,5)6)68(71(70)52-22-15-14-16-23-52)50(11-3)25-21-42-88(78,79)80/h9-13,15,17-29,31,33,35,37-42,44-46,51,53,64,67-68,71H,1-3,14,16,30,32,34,36,43,47-48H2,4-8H3,(H,75,76,77)(H,78,79,80)(H,81,82,83)(H,84,85,86)/b13-12-,28-17+,41-20+,42-21+,49-24+,50-25+. The molecule has 0 aromatic heterocycles. The Morgan fingerprint density at radius 2 is 1.34 bits per heavy atom. The molecular formula is C74H80O12S4. The van der Waals surface area contributed by atoms with Crippen LogP contribution in [0.25, 0.3) is 10.8 Å². The summed E-state index contributed by atoms with van der Waals surface area (Å²) in [5.41, 5.74) is 13.3. The van der Waals surface area contributed by atoms with Crippen molar-refractivity contribution in [3.63, 3.8) is 0 Å². The molecule has 7 aliphatic carbocycles. The Labute approximate surface area is 532 Å². The van der Waals surface area contributed by atoms with Crippen molar-refractivity contribution >= 4 is 51.2 Å². The Morgan fingerprint density at radius 1 is 0.700 bits per heavy atom. The van der Waals surface area contributed by atoms with E-state index in [4.69, 9.17) is 0 Å². The van der Waals surface area contributed by atoms with E-state index in [2.05, 4.69) is 127 Å². The molecule has 0 aliphatic heterocycles. The van der Waals surface area contributed by atoms with Crippen LogP contribution in [0.1, 0.15) is 96.3 Å². The minimum Gasteiger partial charge on any atom is -0.282 e. The van der Waals surface area contributed by atoms with Crippen LogP contribution < -0.4 is 0 Å². The molecule has 2 aromatic carbocycles. The third-order valence-electron chi connectivity index (χ3n) is 17.8. The van der Waals surface area contributed by atoms with E-state index >= 15 is 0 Å². The average Bonchev–Trinajstić information content (AvgIpc) is 0.737. The lowest BCUT2D eigenvalue weighted by Gasteiger charge is -2.43. The van der Waals surface area contributed by atoms with Crippen LogP contribution in [0.5, 0.6) is 0 Å². The van der Waals surface area contributed by atoms with Crippen LogP contribution >= 0.6 is 0 Å². The summed E-state index contributed by atoms with van der Waals surface area (Å²) in [5.74, 6) is -2.25. The first-order valence-electron chi connectivity index (χ1n) is 30.2. The Balaban J connectivity index is 1.34. The van der Waals surface area contributed by atoms with Crippen LogP contribution in [0.3, 0.4) is 0 Å². The number of allylic oxidation sites excluding steroid dienone is 35. The maximum absolute atomic E-state index is 12.7. The summed E-state index contributed by atoms with van der Waals surface area (Å²) in [5, 5.41) is 3.75. The fraction of sp³-hybridized carbons (Fsp3) is 0.297. The van der Waals surface area contributed by atoms with Gasteiger partial charge in [-0.1, -0.05) is 217 Å². The summed E-state index contributed by atoms with van der Waals surface area (Å²) < 4.78 is 140. The first-order valence-corrected chi connectivity index (χ1v) is 36.1. The lowest BCUT2D eigenvalue weighted by molar-refractivity contribution is 0.374. The molecular weight excluding hydrogens is 1210 g/mol. The summed E-state index contributed by atoms with van der Waals surface area (Å²) >= 11 is 0. The van der Waals surface area contributed by atoms with E-state index in [1.165, 1.54) is 40.8 Å². The molecule has 0 radical (unpaired) electrons. The minimum atomic E-state index is -4.55. The second kappa shape index (κ2) is 27.0. The van der Waals surface area contributed by atoms with E-state index in [1.54, 1.807) is 42.5 Å². The third-order valence-corrected chi connectivity index (χ3v) is 20.6. The summed E-state index contributed by atoms with van der Waals surface area (Å²) in [6.45, 7) is 23.4. The maximum atomic E-state index is 12.7. The molecule has 0 saturated carbocycles. The molecule has 0 spiro atoms. The molecule has 2 aromatic rings. The van der Waals surface area contributed by atoms with Crippen molar-refractivity contribution < 1.29 is 51.9 Å². The van der Waals surface area contributed by atoms with Crippen LogP contribution in [0, 0.1) is 40.9 Å². The predicted molar refractivity (Wildman–Crippen MR) is 365 cm³/mol. The van der Waals surface area contributed by atoms with Crippen LogP contribution in [0.15, 0.2) is 278 Å². The number of rotatable bonds is 21. The van der Waals surface area contributed by atoms with Crippen molar-refractivity contribution in [1.82, 2.24) is 0 Å². The van der Waals surface area contributed by atoms with Crippen LogP contribution in [-0.4, -0.2) is 51.9 Å². The van der Waals surface area contributed by atoms with E-state index in [-0.39, 0.29) is 51.2 Å². The Morgan fingerprint density at radius 3 is 1.89 bits per heavy atom. The Kier molecular flexibility index (Phi) is 20.2. The fourth-order valence-electron chi connectivity index (χ4n) is 14.4. The molecule has 16 heteroatoms. The van der Waals surface area contributed by atoms with Gasteiger partial charge in [-0.3, -0.25) is 18.2 Å². The topological polar surface area (TPSA) is 217 Å². The lowest BCUT2D eigenvalue weighted by Crippen LogP contribution is -2.33. The number of benzene rings is 2. The Hall–Kier alpha value is -7.12. The van der Waals surface area contributed by atoms with E-state index in [0.29, 0.717) is 36.8 Å². The van der Waals surface area contributed by atoms with Gasteiger partial charge in [0.15, 0.2) is 0 Å². The average molecular weight is 1290 g/mol. The van der Waals surface area contributed by atoms with Gasteiger partial charge >= 0.3 is 0 Å². The minimum absolute atomic E-state index is 0.0179. The molecule has 6 atom stereocenters. The predicted octanol–water partition coefficient (Wildman–Crippen LogP) is 16.5. The molecule has 472 valence electrons. The van der Waals surface area contributed by atoms with Gasteiger partial charge in [0.25, 0.3) is 40.5 Å². The molecule has 9 rings (SSSR count). The van der Waals surface area contributed by atoms with Crippen molar-refractivity contribution in [2.45, 2.75) is 97.8 Å². The van der Waals surface area contributed by atoms with Gasteiger partial charge in [0.05, 0.1) is 20.6 Å². The first-order chi connectivity index (χ1) is 42.4. The first kappa shape index (κ1) is 67.3. The normalized spacial score (nSPS) is 24.6. The zero-order valence-electron chi connectivity index (χ0n) is 51.5. The van der Waals surface area contributed by atoms with Crippen molar-refractivity contribution in [3.8, 4) is 0 Å². The van der Waals surface area contributed by atoms with Gasteiger partial charge in [-0.25, -0.2) is 0 Å². The van der Waals surface area contributed by atoms with Gasteiger partial charge < -0.3 is 0 Å². The van der Waals surface area contributed by atoms with Gasteiger partial charge in [0.2, 0.25) is 0 Å². The highest BCUT2D eigenvalue weighted by Crippen LogP contribution is 2.55. The van der Waals surface area contributed by atoms with E-state index in [0.717, 1.165) is 91.2 Å². The van der Waals surface area contributed by atoms with Gasteiger partial charge in [-0.05, 0) is 182 Å². The zero-order chi connectivity index (χ0) is 65.1. The molecule has 0 bridgehead atoms. The van der Waals surface area contributed by atoms with Crippen LogP contribution in [-0.2, 0) is 58.7 Å². The lowest BCUT2D eigenvalue weighted by atomic mass is 9.60. The summed E-state index contributed by atoms with van der Waals surface area (Å²) in [4.78, 5) is -0.385. The smallest absolute Gasteiger partial charge is 0.282 e. The molecule has 0 fully saturated rings. The van der Waals surface area contributed by atoms with Crippen molar-refractivity contribution in [3.05, 3.63) is 295 Å². The van der Waals surface area contributed by atoms with E-state index in [1.807, 2.05) is 36.4 Å². The van der Waals surface area contributed by atoms with Gasteiger partial charge in [-0.2, -0.15) is 33.7 Å². The number of hydrogen-bond acceptors (Lipinski definition) is 8. The second-order valence-electron chi connectivity index (χ2n) is 25.8. The molecule has 0 amide bonds. The van der Waals surface area contributed by atoms with Crippen LogP contribution in [0.4, 0.5) is 0 Å². The zero-order valence-corrected chi connectivity index (χ0v) is 54.8. The van der Waals surface area contributed by atoms with E-state index < -0.39 is 58.2 Å². The second-order valence-corrected chi connectivity index (χ2v) is 31.3. The molecule has 4 N–H and O–H groups in total. The fourth-order valence-corrected chi connectivity index (χ4v) is 16.0. The highest BCUT2D eigenvalue weighted by atomic mass is 32.2. The largest absolute Gasteiger partial charge is 0.294 e. The van der Waals surface area contributed by atoms with Crippen molar-refractivity contribution in [1.29, 1.82) is 0 Å². The SMILES string of the molecule is C=C/C=C\C=C\C1C(C2=CC=C(C3=C(C4C=CC(S(=O)(=O)O)=CC4)C=C(CC(C)(C)C)C(/C(C=C)=C/C=C/S(=O)(=O)O)C3C3=CCCC=C3)CC2)=C(/C(C=C)=C/C=C/S(=O)(=O)O)C=C(Cc2cc3c(c4ccccc24)C(C)(C)C3)C1C1C=CC(S(=O)(=O)O)=CC1. The third kappa shape index (κ3) is 15.6. The maximum Gasteiger partial charge on any atom is 0.294 e. The summed E-state index contributed by atoms with van der Waals surface area (Å²) in [6, 6.07) is 10.7. The van der Waals surface area contributed by atoms with Crippen molar-refractivity contribution in [2.75, 3.05) is 0 Å². The van der Waals surface area contributed by atoms with Crippen molar-refractivity contribution in [2.24, 2.45) is 40.9 Å². The highest BCUT2D eigenvalue weighted by molar-refractivity contribution is 7.90. The quantitative estimate of drug-likeness (QED) is 0.0678. The highest BCUT2D eigenvalue weighted by Gasteiger charge is 2.44. The monoisotopic (exact) mass is 1290 g/mol. The summed E-state index contributed by atoms with van der Waals surface area (Å²) in [6.07, 6.45) is 48.7. The molecule has 6 unspecified atom stereocenters. The number of fused-ring (bicyclic) bond motifs is 3. The molecule has 12 nitrogen and oxygen atoms in total. The number of hydrogen-bond donors (Lipinski definition) is 4. The molecule has 7 aliphatic rings. The summed E-state index contributed by atoms with van der Waals surface area (Å²) in [7, 11) is -18.1. The molecule has 90 heavy (non-hydrogen) atoms. The Bertz CT molecular complexity index is 4400. The molecule has 0 heterocycles. The molecule has 0 saturated heterocycles. The van der Waals surface area contributed by atoms with Crippen LogP contribution in [0.2, 0.25) is 0 Å². The van der Waals surface area contributed by atoms with Gasteiger partial charge in [0, 0.05) is 23.7 Å². The van der Waals surface area contributed by atoms with Gasteiger partial charge in [0.1, 0.15) is 0 Å². The van der Waals surface area contributed by atoms with Gasteiger partial charge in [-0.15, -0.1) is 0 Å². The van der Waals surface area contributed by atoms with E-state index in [9.17, 15) is 51.9 Å².